The van der Waals surface area contributed by atoms with Crippen molar-refractivity contribution in [3.63, 3.8) is 0 Å². The minimum atomic E-state index is -0.725. The molecular weight excluding hydrogens is 431 g/mol. The van der Waals surface area contributed by atoms with Crippen molar-refractivity contribution in [2.75, 3.05) is 31.5 Å². The lowest BCUT2D eigenvalue weighted by Crippen LogP contribution is -2.55. The van der Waals surface area contributed by atoms with Gasteiger partial charge >= 0.3 is 6.03 Å². The highest BCUT2D eigenvalue weighted by Gasteiger charge is 2.29. The normalized spacial score (nSPS) is 14.9. The molecule has 3 aromatic rings. The second kappa shape index (κ2) is 11.4. The van der Waals surface area contributed by atoms with Gasteiger partial charge in [0.15, 0.2) is 0 Å². The summed E-state index contributed by atoms with van der Waals surface area (Å²) in [7, 11) is 0. The van der Waals surface area contributed by atoms with Gasteiger partial charge in [-0.25, -0.2) is 9.18 Å². The largest absolute Gasteiger partial charge is 0.338 e. The van der Waals surface area contributed by atoms with Crippen molar-refractivity contribution >= 4 is 17.6 Å². The van der Waals surface area contributed by atoms with Gasteiger partial charge in [-0.2, -0.15) is 0 Å². The van der Waals surface area contributed by atoms with Crippen LogP contribution in [0.2, 0.25) is 0 Å². The van der Waals surface area contributed by atoms with Crippen LogP contribution in [0.3, 0.4) is 0 Å². The zero-order chi connectivity index (χ0) is 23.8. The first-order chi connectivity index (χ1) is 16.6. The number of urea groups is 1. The maximum Gasteiger partial charge on any atom is 0.319 e. The maximum atomic E-state index is 13.5. The number of benzene rings is 3. The summed E-state index contributed by atoms with van der Waals surface area (Å²) in [6, 6.07) is 24.3. The number of nitrogens with zero attached hydrogens (tertiary/aromatic N) is 2. The maximum absolute atomic E-state index is 13.5. The fourth-order valence-corrected chi connectivity index (χ4v) is 4.13. The zero-order valence-electron chi connectivity index (χ0n) is 19.0. The van der Waals surface area contributed by atoms with E-state index >= 15 is 0 Å². The topological polar surface area (TPSA) is 64.7 Å². The Morgan fingerprint density at radius 1 is 0.824 bits per heavy atom. The lowest BCUT2D eigenvalue weighted by molar-refractivity contribution is -0.135. The third-order valence-corrected chi connectivity index (χ3v) is 5.90. The number of halogens is 1. The number of nitrogens with one attached hydrogen (secondary N) is 2. The molecule has 1 aliphatic heterocycles. The van der Waals surface area contributed by atoms with Gasteiger partial charge in [0.25, 0.3) is 0 Å². The number of amides is 3. The van der Waals surface area contributed by atoms with Crippen molar-refractivity contribution in [2.45, 2.75) is 19.0 Å². The molecular formula is C27H29FN4O2. The fourth-order valence-electron chi connectivity index (χ4n) is 4.13. The number of rotatable bonds is 7. The summed E-state index contributed by atoms with van der Waals surface area (Å²) in [6.07, 6.45) is 0.375. The van der Waals surface area contributed by atoms with Crippen molar-refractivity contribution in [3.05, 3.63) is 102 Å². The first-order valence-corrected chi connectivity index (χ1v) is 11.5. The highest BCUT2D eigenvalue weighted by atomic mass is 19.1. The Labute approximate surface area is 199 Å². The summed E-state index contributed by atoms with van der Waals surface area (Å²) in [5, 5.41) is 5.43. The SMILES string of the molecule is O=C(Nc1cccc(F)c1)NC(Cc1ccccc1)C(=O)N1CCN(Cc2ccccc2)CC1. The summed E-state index contributed by atoms with van der Waals surface area (Å²) >= 11 is 0. The van der Waals surface area contributed by atoms with Crippen LogP contribution in [0.15, 0.2) is 84.9 Å². The molecule has 1 atom stereocenters. The van der Waals surface area contributed by atoms with E-state index in [4.69, 9.17) is 0 Å². The molecule has 1 fully saturated rings. The van der Waals surface area contributed by atoms with E-state index < -0.39 is 17.9 Å². The van der Waals surface area contributed by atoms with Gasteiger partial charge in [0.2, 0.25) is 5.91 Å². The Morgan fingerprint density at radius 3 is 2.12 bits per heavy atom. The van der Waals surface area contributed by atoms with E-state index in [0.29, 0.717) is 25.2 Å². The molecule has 0 radical (unpaired) electrons. The van der Waals surface area contributed by atoms with Gasteiger partial charge in [-0.3, -0.25) is 9.69 Å². The molecule has 3 amide bonds. The Bertz CT molecular complexity index is 1090. The summed E-state index contributed by atoms with van der Waals surface area (Å²) in [5.41, 5.74) is 2.53. The number of piperazine rings is 1. The smallest absolute Gasteiger partial charge is 0.319 e. The van der Waals surface area contributed by atoms with Gasteiger partial charge in [0, 0.05) is 44.8 Å². The molecule has 1 unspecified atom stereocenters. The second-order valence-electron chi connectivity index (χ2n) is 8.44. The quantitative estimate of drug-likeness (QED) is 0.562. The Hall–Kier alpha value is -3.71. The Morgan fingerprint density at radius 2 is 1.47 bits per heavy atom. The van der Waals surface area contributed by atoms with Crippen LogP contribution in [-0.2, 0) is 17.8 Å². The molecule has 0 aromatic heterocycles. The summed E-state index contributed by atoms with van der Waals surface area (Å²) in [6.45, 7) is 3.60. The van der Waals surface area contributed by atoms with E-state index in [9.17, 15) is 14.0 Å². The Kier molecular flexibility index (Phi) is 7.88. The molecule has 3 aromatic carbocycles. The molecule has 34 heavy (non-hydrogen) atoms. The summed E-state index contributed by atoms with van der Waals surface area (Å²) in [5.74, 6) is -0.555. The van der Waals surface area contributed by atoms with Gasteiger partial charge in [0.1, 0.15) is 11.9 Å². The second-order valence-corrected chi connectivity index (χ2v) is 8.44. The molecule has 1 saturated heterocycles. The van der Waals surface area contributed by atoms with E-state index in [1.165, 1.54) is 23.8 Å². The molecule has 4 rings (SSSR count). The molecule has 1 heterocycles. The van der Waals surface area contributed by atoms with Crippen LogP contribution in [0.5, 0.6) is 0 Å². The molecule has 176 valence electrons. The molecule has 0 aliphatic carbocycles. The lowest BCUT2D eigenvalue weighted by Gasteiger charge is -2.36. The predicted molar refractivity (Wildman–Crippen MR) is 131 cm³/mol. The number of hydrogen-bond donors (Lipinski definition) is 2. The van der Waals surface area contributed by atoms with Crippen LogP contribution in [-0.4, -0.2) is 54.0 Å². The highest BCUT2D eigenvalue weighted by molar-refractivity contribution is 5.93. The molecule has 0 bridgehead atoms. The Balaban J connectivity index is 1.39. The number of hydrogen-bond acceptors (Lipinski definition) is 3. The van der Waals surface area contributed by atoms with E-state index in [1.807, 2.05) is 53.4 Å². The lowest BCUT2D eigenvalue weighted by atomic mass is 10.0. The van der Waals surface area contributed by atoms with Gasteiger partial charge in [0.05, 0.1) is 0 Å². The zero-order valence-corrected chi connectivity index (χ0v) is 19.0. The predicted octanol–water partition coefficient (Wildman–Crippen LogP) is 3.90. The molecule has 2 N–H and O–H groups in total. The average Bonchev–Trinajstić information content (AvgIpc) is 2.85. The monoisotopic (exact) mass is 460 g/mol. The minimum Gasteiger partial charge on any atom is -0.338 e. The van der Waals surface area contributed by atoms with Crippen molar-refractivity contribution in [1.29, 1.82) is 0 Å². The van der Waals surface area contributed by atoms with Crippen LogP contribution in [0.4, 0.5) is 14.9 Å². The number of anilines is 1. The standard InChI is InChI=1S/C27H29FN4O2/c28-23-12-7-13-24(19-23)29-27(34)30-25(18-21-8-3-1-4-9-21)26(33)32-16-14-31(15-17-32)20-22-10-5-2-6-11-22/h1-13,19,25H,14-18,20H2,(H2,29,30,34). The first-order valence-electron chi connectivity index (χ1n) is 11.5. The summed E-state index contributed by atoms with van der Waals surface area (Å²) in [4.78, 5) is 30.2. The van der Waals surface area contributed by atoms with Crippen LogP contribution in [0.1, 0.15) is 11.1 Å². The van der Waals surface area contributed by atoms with E-state index in [1.54, 1.807) is 6.07 Å². The summed E-state index contributed by atoms with van der Waals surface area (Å²) < 4.78 is 13.5. The van der Waals surface area contributed by atoms with E-state index in [0.717, 1.165) is 25.2 Å². The van der Waals surface area contributed by atoms with Crippen molar-refractivity contribution in [3.8, 4) is 0 Å². The van der Waals surface area contributed by atoms with Crippen molar-refractivity contribution < 1.29 is 14.0 Å². The van der Waals surface area contributed by atoms with Gasteiger partial charge < -0.3 is 15.5 Å². The molecule has 0 spiro atoms. The third-order valence-electron chi connectivity index (χ3n) is 5.90. The van der Waals surface area contributed by atoms with Gasteiger partial charge in [-0.05, 0) is 29.3 Å². The van der Waals surface area contributed by atoms with Crippen LogP contribution >= 0.6 is 0 Å². The van der Waals surface area contributed by atoms with Crippen LogP contribution in [0, 0.1) is 5.82 Å². The van der Waals surface area contributed by atoms with Crippen molar-refractivity contribution in [2.24, 2.45) is 0 Å². The number of carbonyl (C=O) groups excluding carboxylic acids is 2. The average molecular weight is 461 g/mol. The first kappa shape index (κ1) is 23.4. The minimum absolute atomic E-state index is 0.113. The van der Waals surface area contributed by atoms with Gasteiger partial charge in [-0.15, -0.1) is 0 Å². The van der Waals surface area contributed by atoms with E-state index in [2.05, 4.69) is 27.7 Å². The van der Waals surface area contributed by atoms with E-state index in [-0.39, 0.29) is 5.91 Å². The van der Waals surface area contributed by atoms with Crippen LogP contribution < -0.4 is 10.6 Å². The van der Waals surface area contributed by atoms with Crippen molar-refractivity contribution in [1.82, 2.24) is 15.1 Å². The van der Waals surface area contributed by atoms with Crippen LogP contribution in [0.25, 0.3) is 0 Å². The highest BCUT2D eigenvalue weighted by Crippen LogP contribution is 2.13. The number of carbonyl (C=O) groups is 2. The molecule has 0 saturated carbocycles. The fraction of sp³-hybridized carbons (Fsp3) is 0.259. The third kappa shape index (κ3) is 6.65. The molecule has 7 heteroatoms. The molecule has 6 nitrogen and oxygen atoms in total. The van der Waals surface area contributed by atoms with Gasteiger partial charge in [-0.1, -0.05) is 66.7 Å². The molecule has 1 aliphatic rings.